The number of nitrogens with one attached hydrogen (secondary N) is 1. The number of thiazole rings is 1. The standard InChI is InChI=1S/C12H16N4S/c1-2-16-7-9(5-14-16)11-8-17-12(15-11)6-13-10-3-4-10/h5,7-8,10,13H,2-4,6H2,1H3. The number of nitrogens with zero attached hydrogens (tertiary/aromatic N) is 3. The first-order valence-corrected chi connectivity index (χ1v) is 6.93. The second-order valence-corrected chi connectivity index (χ2v) is 5.31. The van der Waals surface area contributed by atoms with Gasteiger partial charge in [0, 0.05) is 36.3 Å². The summed E-state index contributed by atoms with van der Waals surface area (Å²) in [4.78, 5) is 4.63. The molecule has 0 unspecified atom stereocenters. The second-order valence-electron chi connectivity index (χ2n) is 4.37. The summed E-state index contributed by atoms with van der Waals surface area (Å²) in [6, 6.07) is 0.741. The van der Waals surface area contributed by atoms with Crippen LogP contribution in [0.1, 0.15) is 24.8 Å². The van der Waals surface area contributed by atoms with Crippen molar-refractivity contribution in [3.05, 3.63) is 22.8 Å². The smallest absolute Gasteiger partial charge is 0.107 e. The SMILES string of the molecule is CCn1cc(-c2csc(CNC3CC3)n2)cn1. The number of hydrogen-bond donors (Lipinski definition) is 1. The average Bonchev–Trinajstić information content (AvgIpc) is 2.89. The molecule has 1 aliphatic rings. The highest BCUT2D eigenvalue weighted by atomic mass is 32.1. The van der Waals surface area contributed by atoms with Crippen molar-refractivity contribution in [3.8, 4) is 11.3 Å². The van der Waals surface area contributed by atoms with Gasteiger partial charge >= 0.3 is 0 Å². The molecule has 2 aromatic heterocycles. The van der Waals surface area contributed by atoms with Gasteiger partial charge in [-0.25, -0.2) is 4.98 Å². The lowest BCUT2D eigenvalue weighted by Crippen LogP contribution is -2.14. The minimum atomic E-state index is 0.741. The van der Waals surface area contributed by atoms with Crippen LogP contribution < -0.4 is 5.32 Å². The zero-order valence-corrected chi connectivity index (χ0v) is 10.7. The maximum Gasteiger partial charge on any atom is 0.107 e. The van der Waals surface area contributed by atoms with Gasteiger partial charge in [0.1, 0.15) is 5.01 Å². The molecule has 0 aromatic carbocycles. The molecule has 1 fully saturated rings. The molecule has 1 N–H and O–H groups in total. The van der Waals surface area contributed by atoms with Crippen molar-refractivity contribution >= 4 is 11.3 Å². The average molecular weight is 248 g/mol. The number of hydrogen-bond acceptors (Lipinski definition) is 4. The summed E-state index contributed by atoms with van der Waals surface area (Å²) >= 11 is 1.72. The van der Waals surface area contributed by atoms with E-state index in [1.54, 1.807) is 11.3 Å². The number of aryl methyl sites for hydroxylation is 1. The summed E-state index contributed by atoms with van der Waals surface area (Å²) < 4.78 is 1.93. The van der Waals surface area contributed by atoms with Crippen LogP contribution >= 0.6 is 11.3 Å². The molecule has 0 bridgehead atoms. The lowest BCUT2D eigenvalue weighted by Gasteiger charge is -1.96. The van der Waals surface area contributed by atoms with Crippen LogP contribution in [0.5, 0.6) is 0 Å². The first-order chi connectivity index (χ1) is 8.35. The molecule has 2 heterocycles. The second kappa shape index (κ2) is 4.58. The third-order valence-electron chi connectivity index (χ3n) is 2.92. The predicted molar refractivity (Wildman–Crippen MR) is 68.9 cm³/mol. The van der Waals surface area contributed by atoms with Gasteiger partial charge in [-0.05, 0) is 19.8 Å². The van der Waals surface area contributed by atoms with Gasteiger partial charge in [-0.3, -0.25) is 4.68 Å². The molecule has 17 heavy (non-hydrogen) atoms. The lowest BCUT2D eigenvalue weighted by molar-refractivity contribution is 0.660. The topological polar surface area (TPSA) is 42.7 Å². The molecule has 0 aliphatic heterocycles. The van der Waals surface area contributed by atoms with E-state index in [0.717, 1.165) is 35.4 Å². The van der Waals surface area contributed by atoms with Crippen molar-refractivity contribution in [1.82, 2.24) is 20.1 Å². The molecule has 1 aliphatic carbocycles. The molecule has 0 saturated heterocycles. The summed E-state index contributed by atoms with van der Waals surface area (Å²) in [5.74, 6) is 0. The van der Waals surface area contributed by atoms with Crippen molar-refractivity contribution in [2.75, 3.05) is 0 Å². The molecule has 0 atom stereocenters. The van der Waals surface area contributed by atoms with Crippen LogP contribution in [0.2, 0.25) is 0 Å². The number of rotatable bonds is 5. The Morgan fingerprint density at radius 3 is 3.12 bits per heavy atom. The van der Waals surface area contributed by atoms with E-state index in [1.807, 2.05) is 17.1 Å². The highest BCUT2D eigenvalue weighted by molar-refractivity contribution is 7.09. The Morgan fingerprint density at radius 2 is 2.41 bits per heavy atom. The highest BCUT2D eigenvalue weighted by Gasteiger charge is 2.20. The quantitative estimate of drug-likeness (QED) is 0.882. The van der Waals surface area contributed by atoms with Crippen LogP contribution in [0.4, 0.5) is 0 Å². The summed E-state index contributed by atoms with van der Waals surface area (Å²) in [6.07, 6.45) is 6.58. The van der Waals surface area contributed by atoms with Crippen LogP contribution in [0, 0.1) is 0 Å². The van der Waals surface area contributed by atoms with E-state index in [2.05, 4.69) is 27.7 Å². The van der Waals surface area contributed by atoms with Crippen molar-refractivity contribution in [1.29, 1.82) is 0 Å². The molecule has 3 rings (SSSR count). The van der Waals surface area contributed by atoms with Gasteiger partial charge in [-0.2, -0.15) is 5.10 Å². The van der Waals surface area contributed by atoms with E-state index < -0.39 is 0 Å². The van der Waals surface area contributed by atoms with Crippen LogP contribution in [-0.4, -0.2) is 20.8 Å². The zero-order valence-electron chi connectivity index (χ0n) is 9.89. The van der Waals surface area contributed by atoms with Gasteiger partial charge in [0.05, 0.1) is 11.9 Å². The summed E-state index contributed by atoms with van der Waals surface area (Å²) in [5.41, 5.74) is 2.16. The van der Waals surface area contributed by atoms with E-state index >= 15 is 0 Å². The van der Waals surface area contributed by atoms with E-state index in [0.29, 0.717) is 0 Å². The van der Waals surface area contributed by atoms with Gasteiger partial charge in [0.25, 0.3) is 0 Å². The largest absolute Gasteiger partial charge is 0.308 e. The molecule has 90 valence electrons. The lowest BCUT2D eigenvalue weighted by atomic mass is 10.3. The Kier molecular flexibility index (Phi) is 2.94. The van der Waals surface area contributed by atoms with E-state index in [1.165, 1.54) is 12.8 Å². The maximum absolute atomic E-state index is 4.63. The highest BCUT2D eigenvalue weighted by Crippen LogP contribution is 2.23. The van der Waals surface area contributed by atoms with E-state index in [9.17, 15) is 0 Å². The van der Waals surface area contributed by atoms with Crippen LogP contribution in [0.3, 0.4) is 0 Å². The molecule has 1 saturated carbocycles. The third-order valence-corrected chi connectivity index (χ3v) is 3.77. The Hall–Kier alpha value is -1.20. The minimum absolute atomic E-state index is 0.741. The molecule has 5 heteroatoms. The van der Waals surface area contributed by atoms with Crippen LogP contribution in [0.15, 0.2) is 17.8 Å². The molecule has 0 spiro atoms. The Bertz CT molecular complexity index is 498. The Labute approximate surface area is 105 Å². The molecule has 0 amide bonds. The fourth-order valence-corrected chi connectivity index (χ4v) is 2.47. The molecular formula is C12H16N4S. The van der Waals surface area contributed by atoms with Gasteiger partial charge in [-0.1, -0.05) is 0 Å². The van der Waals surface area contributed by atoms with Gasteiger partial charge in [-0.15, -0.1) is 11.3 Å². The summed E-state index contributed by atoms with van der Waals surface area (Å²) in [7, 11) is 0. The normalized spacial score (nSPS) is 15.4. The fraction of sp³-hybridized carbons (Fsp3) is 0.500. The van der Waals surface area contributed by atoms with Gasteiger partial charge in [0.2, 0.25) is 0 Å². The predicted octanol–water partition coefficient (Wildman–Crippen LogP) is 2.28. The van der Waals surface area contributed by atoms with E-state index in [-0.39, 0.29) is 0 Å². The summed E-state index contributed by atoms with van der Waals surface area (Å²) in [5, 5.41) is 11.0. The first kappa shape index (κ1) is 10.9. The maximum atomic E-state index is 4.63. The molecular weight excluding hydrogens is 232 g/mol. The zero-order chi connectivity index (χ0) is 11.7. The number of aromatic nitrogens is 3. The minimum Gasteiger partial charge on any atom is -0.308 e. The molecule has 4 nitrogen and oxygen atoms in total. The summed E-state index contributed by atoms with van der Waals surface area (Å²) in [6.45, 7) is 3.89. The van der Waals surface area contributed by atoms with Crippen molar-refractivity contribution in [2.45, 2.75) is 38.9 Å². The van der Waals surface area contributed by atoms with Gasteiger partial charge in [0.15, 0.2) is 0 Å². The van der Waals surface area contributed by atoms with Crippen molar-refractivity contribution in [2.24, 2.45) is 0 Å². The first-order valence-electron chi connectivity index (χ1n) is 6.06. The molecule has 0 radical (unpaired) electrons. The van der Waals surface area contributed by atoms with Crippen LogP contribution in [0.25, 0.3) is 11.3 Å². The monoisotopic (exact) mass is 248 g/mol. The van der Waals surface area contributed by atoms with Crippen molar-refractivity contribution < 1.29 is 0 Å². The van der Waals surface area contributed by atoms with Gasteiger partial charge < -0.3 is 5.32 Å². The fourth-order valence-electron chi connectivity index (χ4n) is 1.71. The third kappa shape index (κ3) is 2.56. The van der Waals surface area contributed by atoms with Crippen molar-refractivity contribution in [3.63, 3.8) is 0 Å². The molecule has 2 aromatic rings. The van der Waals surface area contributed by atoms with Crippen LogP contribution in [-0.2, 0) is 13.1 Å². The van der Waals surface area contributed by atoms with E-state index in [4.69, 9.17) is 0 Å². The Balaban J connectivity index is 1.69. The Morgan fingerprint density at radius 1 is 1.53 bits per heavy atom.